The first kappa shape index (κ1) is 10.8. The molecule has 0 fully saturated rings. The van der Waals surface area contributed by atoms with Gasteiger partial charge in [-0.2, -0.15) is 5.10 Å². The summed E-state index contributed by atoms with van der Waals surface area (Å²) in [5.74, 6) is 0.0474. The zero-order valence-electron chi connectivity index (χ0n) is 9.84. The molecule has 0 radical (unpaired) electrons. The van der Waals surface area contributed by atoms with Crippen LogP contribution in [0, 0.1) is 5.82 Å². The Labute approximate surface area is 103 Å². The first-order valence-electron chi connectivity index (χ1n) is 5.53. The lowest BCUT2D eigenvalue weighted by atomic mass is 10.3. The lowest BCUT2D eigenvalue weighted by Crippen LogP contribution is -2.05. The van der Waals surface area contributed by atoms with Gasteiger partial charge in [0.15, 0.2) is 0 Å². The Hall–Kier alpha value is -2.37. The standard InChI is InChI=1S/C12H12FN5/c1-17-5-4-9(16-17)7-18-11-3-2-8(13)6-10(11)15-12(18)14/h2-6H,7H2,1H3,(H2,14,15). The Balaban J connectivity index is 2.08. The Kier molecular flexibility index (Phi) is 2.29. The number of rotatable bonds is 2. The number of imidazole rings is 1. The van der Waals surface area contributed by atoms with Gasteiger partial charge in [-0.3, -0.25) is 4.68 Å². The number of fused-ring (bicyclic) bond motifs is 1. The van der Waals surface area contributed by atoms with Crippen LogP contribution in [0.5, 0.6) is 0 Å². The van der Waals surface area contributed by atoms with Crippen LogP contribution in [0.1, 0.15) is 5.69 Å². The summed E-state index contributed by atoms with van der Waals surface area (Å²) in [6.07, 6.45) is 1.87. The summed E-state index contributed by atoms with van der Waals surface area (Å²) in [6.45, 7) is 0.523. The first-order chi connectivity index (χ1) is 8.63. The van der Waals surface area contributed by atoms with Crippen LogP contribution in [-0.2, 0) is 13.6 Å². The molecule has 0 amide bonds. The molecule has 5 nitrogen and oxygen atoms in total. The number of hydrogen-bond donors (Lipinski definition) is 1. The highest BCUT2D eigenvalue weighted by Gasteiger charge is 2.10. The minimum atomic E-state index is -0.315. The van der Waals surface area contributed by atoms with Crippen molar-refractivity contribution in [1.82, 2.24) is 19.3 Å². The maximum Gasteiger partial charge on any atom is 0.201 e. The van der Waals surface area contributed by atoms with Crippen molar-refractivity contribution in [2.45, 2.75) is 6.54 Å². The fourth-order valence-corrected chi connectivity index (χ4v) is 2.00. The molecule has 3 aromatic rings. The van der Waals surface area contributed by atoms with Crippen molar-refractivity contribution in [2.75, 3.05) is 5.73 Å². The lowest BCUT2D eigenvalue weighted by Gasteiger charge is -2.03. The summed E-state index contributed by atoms with van der Waals surface area (Å²) in [6, 6.07) is 6.37. The summed E-state index contributed by atoms with van der Waals surface area (Å²) < 4.78 is 16.6. The molecule has 0 spiro atoms. The molecule has 2 aromatic heterocycles. The van der Waals surface area contributed by atoms with Crippen molar-refractivity contribution in [3.8, 4) is 0 Å². The summed E-state index contributed by atoms with van der Waals surface area (Å²) in [7, 11) is 1.86. The Morgan fingerprint density at radius 2 is 2.17 bits per heavy atom. The molecule has 0 aliphatic carbocycles. The third-order valence-corrected chi connectivity index (χ3v) is 2.83. The van der Waals surface area contributed by atoms with Gasteiger partial charge in [0.05, 0.1) is 23.3 Å². The summed E-state index contributed by atoms with van der Waals surface area (Å²) >= 11 is 0. The van der Waals surface area contributed by atoms with Gasteiger partial charge in [-0.15, -0.1) is 0 Å². The highest BCUT2D eigenvalue weighted by Crippen LogP contribution is 2.19. The van der Waals surface area contributed by atoms with Crippen LogP contribution >= 0.6 is 0 Å². The van der Waals surface area contributed by atoms with Gasteiger partial charge in [-0.1, -0.05) is 0 Å². The van der Waals surface area contributed by atoms with Gasteiger partial charge in [0.1, 0.15) is 5.82 Å². The Bertz CT molecular complexity index is 712. The number of anilines is 1. The summed E-state index contributed by atoms with van der Waals surface area (Å²) in [4.78, 5) is 4.14. The number of aromatic nitrogens is 4. The van der Waals surface area contributed by atoms with Crippen LogP contribution in [0.25, 0.3) is 11.0 Å². The highest BCUT2D eigenvalue weighted by molar-refractivity contribution is 5.78. The number of aryl methyl sites for hydroxylation is 1. The number of halogens is 1. The Morgan fingerprint density at radius 3 is 2.89 bits per heavy atom. The predicted molar refractivity (Wildman–Crippen MR) is 66.4 cm³/mol. The number of hydrogen-bond acceptors (Lipinski definition) is 3. The van der Waals surface area contributed by atoms with Gasteiger partial charge in [0, 0.05) is 19.3 Å². The molecular weight excluding hydrogens is 233 g/mol. The highest BCUT2D eigenvalue weighted by atomic mass is 19.1. The molecule has 0 saturated heterocycles. The average molecular weight is 245 g/mol. The fourth-order valence-electron chi connectivity index (χ4n) is 2.00. The second kappa shape index (κ2) is 3.83. The molecule has 18 heavy (non-hydrogen) atoms. The van der Waals surface area contributed by atoms with Gasteiger partial charge < -0.3 is 10.3 Å². The third kappa shape index (κ3) is 1.71. The monoisotopic (exact) mass is 245 g/mol. The van der Waals surface area contributed by atoms with Crippen LogP contribution in [0.2, 0.25) is 0 Å². The second-order valence-electron chi connectivity index (χ2n) is 4.17. The van der Waals surface area contributed by atoms with E-state index >= 15 is 0 Å². The maximum absolute atomic E-state index is 13.1. The average Bonchev–Trinajstić information content (AvgIpc) is 2.84. The van der Waals surface area contributed by atoms with Gasteiger partial charge >= 0.3 is 0 Å². The molecule has 6 heteroatoms. The normalized spacial score (nSPS) is 11.2. The zero-order valence-corrected chi connectivity index (χ0v) is 9.84. The van der Waals surface area contributed by atoms with E-state index in [9.17, 15) is 4.39 Å². The molecule has 0 atom stereocenters. The van der Waals surface area contributed by atoms with Crippen molar-refractivity contribution < 1.29 is 4.39 Å². The molecule has 92 valence electrons. The van der Waals surface area contributed by atoms with E-state index in [1.807, 2.05) is 23.9 Å². The van der Waals surface area contributed by atoms with Gasteiger partial charge in [0.2, 0.25) is 5.95 Å². The van der Waals surface area contributed by atoms with Crippen molar-refractivity contribution in [3.63, 3.8) is 0 Å². The van der Waals surface area contributed by atoms with Crippen molar-refractivity contribution >= 4 is 17.0 Å². The molecule has 0 unspecified atom stereocenters. The van der Waals surface area contributed by atoms with E-state index in [-0.39, 0.29) is 5.82 Å². The molecule has 1 aromatic carbocycles. The van der Waals surface area contributed by atoms with Crippen LogP contribution in [-0.4, -0.2) is 19.3 Å². The molecule has 2 heterocycles. The molecule has 0 saturated carbocycles. The molecule has 0 aliphatic rings. The minimum Gasteiger partial charge on any atom is -0.369 e. The topological polar surface area (TPSA) is 61.7 Å². The van der Waals surface area contributed by atoms with E-state index in [4.69, 9.17) is 5.73 Å². The molecule has 2 N–H and O–H groups in total. The molecular formula is C12H12FN5. The van der Waals surface area contributed by atoms with E-state index in [2.05, 4.69) is 10.1 Å². The SMILES string of the molecule is Cn1ccc(Cn2c(N)nc3cc(F)ccc32)n1. The van der Waals surface area contributed by atoms with E-state index in [1.54, 1.807) is 10.7 Å². The maximum atomic E-state index is 13.1. The quantitative estimate of drug-likeness (QED) is 0.745. The van der Waals surface area contributed by atoms with E-state index in [0.29, 0.717) is 18.0 Å². The smallest absolute Gasteiger partial charge is 0.201 e. The Morgan fingerprint density at radius 1 is 1.33 bits per heavy atom. The van der Waals surface area contributed by atoms with Crippen molar-refractivity contribution in [3.05, 3.63) is 42.0 Å². The predicted octanol–water partition coefficient (Wildman–Crippen LogP) is 1.54. The lowest BCUT2D eigenvalue weighted by molar-refractivity contribution is 0.629. The van der Waals surface area contributed by atoms with Crippen LogP contribution in [0.15, 0.2) is 30.5 Å². The van der Waals surface area contributed by atoms with Crippen LogP contribution in [0.3, 0.4) is 0 Å². The van der Waals surface area contributed by atoms with Gasteiger partial charge in [-0.25, -0.2) is 9.37 Å². The van der Waals surface area contributed by atoms with Gasteiger partial charge in [0.25, 0.3) is 0 Å². The molecule has 0 bridgehead atoms. The third-order valence-electron chi connectivity index (χ3n) is 2.83. The first-order valence-corrected chi connectivity index (χ1v) is 5.53. The van der Waals surface area contributed by atoms with Crippen LogP contribution in [0.4, 0.5) is 10.3 Å². The second-order valence-corrected chi connectivity index (χ2v) is 4.17. The largest absolute Gasteiger partial charge is 0.369 e. The number of benzene rings is 1. The zero-order chi connectivity index (χ0) is 12.7. The number of nitrogens with zero attached hydrogens (tertiary/aromatic N) is 4. The molecule has 3 rings (SSSR count). The number of nitrogen functional groups attached to an aromatic ring is 1. The van der Waals surface area contributed by atoms with E-state index in [0.717, 1.165) is 11.2 Å². The fraction of sp³-hybridized carbons (Fsp3) is 0.167. The summed E-state index contributed by atoms with van der Waals surface area (Å²) in [5, 5.41) is 4.29. The van der Waals surface area contributed by atoms with Crippen LogP contribution < -0.4 is 5.73 Å². The molecule has 0 aliphatic heterocycles. The van der Waals surface area contributed by atoms with E-state index in [1.165, 1.54) is 12.1 Å². The van der Waals surface area contributed by atoms with E-state index < -0.39 is 0 Å². The van der Waals surface area contributed by atoms with Crippen molar-refractivity contribution in [2.24, 2.45) is 7.05 Å². The minimum absolute atomic E-state index is 0.315. The van der Waals surface area contributed by atoms with Crippen molar-refractivity contribution in [1.29, 1.82) is 0 Å². The summed E-state index contributed by atoms with van der Waals surface area (Å²) in [5.41, 5.74) is 8.10. The van der Waals surface area contributed by atoms with Gasteiger partial charge in [-0.05, 0) is 18.2 Å². The number of nitrogens with two attached hydrogens (primary N) is 1.